The molecule has 6 nitrogen and oxygen atoms in total. The molecule has 28 heavy (non-hydrogen) atoms. The van der Waals surface area contributed by atoms with Gasteiger partial charge in [0, 0.05) is 26.1 Å². The Morgan fingerprint density at radius 1 is 1.11 bits per heavy atom. The third-order valence-corrected chi connectivity index (χ3v) is 6.73. The normalized spacial score (nSPS) is 17.5. The van der Waals surface area contributed by atoms with Crippen LogP contribution in [0.5, 0.6) is 5.75 Å². The van der Waals surface area contributed by atoms with E-state index in [1.54, 1.807) is 23.1 Å². The Morgan fingerprint density at radius 2 is 1.75 bits per heavy atom. The van der Waals surface area contributed by atoms with E-state index in [0.717, 1.165) is 22.9 Å². The number of rotatable bonds is 7. The summed E-state index contributed by atoms with van der Waals surface area (Å²) in [6.07, 6.45) is 1.89. The molecule has 3 rings (SSSR count). The Balaban J connectivity index is 1.55. The minimum Gasteiger partial charge on any atom is -0.493 e. The highest BCUT2D eigenvalue weighted by Crippen LogP contribution is 2.20. The van der Waals surface area contributed by atoms with Crippen LogP contribution in [0, 0.1) is 5.92 Å². The highest BCUT2D eigenvalue weighted by atomic mass is 32.2. The van der Waals surface area contributed by atoms with E-state index in [1.165, 1.54) is 19.2 Å². The number of para-hydroxylation sites is 1. The number of likely N-dealkylation sites (N-methyl/N-ethyl adjacent to an activating group) is 1. The molecule has 1 aliphatic rings. The van der Waals surface area contributed by atoms with E-state index in [4.69, 9.17) is 4.74 Å². The summed E-state index contributed by atoms with van der Waals surface area (Å²) in [7, 11) is -2.23. The van der Waals surface area contributed by atoms with Crippen LogP contribution in [0.3, 0.4) is 0 Å². The molecule has 0 radical (unpaired) electrons. The molecular weight excluding hydrogens is 376 g/mol. The highest BCUT2D eigenvalue weighted by molar-refractivity contribution is 7.89. The smallest absolute Gasteiger partial charge is 0.243 e. The van der Waals surface area contributed by atoms with Gasteiger partial charge in [-0.15, -0.1) is 0 Å². The zero-order chi connectivity index (χ0) is 20.0. The van der Waals surface area contributed by atoms with Crippen LogP contribution in [0.2, 0.25) is 0 Å². The standard InChI is InChI=1S/C21H26N2O4S/c1-22(28(25,26)20-12-6-3-7-13-20)16-21(24)23-14-8-9-18(15-23)17-27-19-10-4-2-5-11-19/h2-7,10-13,18H,8-9,14-17H2,1H3. The molecule has 1 unspecified atom stereocenters. The third-order valence-electron chi connectivity index (χ3n) is 4.91. The van der Waals surface area contributed by atoms with E-state index in [-0.39, 0.29) is 23.3 Å². The number of nitrogens with zero attached hydrogens (tertiary/aromatic N) is 2. The van der Waals surface area contributed by atoms with Crippen LogP contribution in [0.15, 0.2) is 65.6 Å². The molecule has 150 valence electrons. The number of ether oxygens (including phenoxy) is 1. The Hall–Kier alpha value is -2.38. The maximum atomic E-state index is 12.7. The molecule has 1 fully saturated rings. The van der Waals surface area contributed by atoms with Crippen molar-refractivity contribution in [2.75, 3.05) is 33.3 Å². The van der Waals surface area contributed by atoms with E-state index < -0.39 is 10.0 Å². The van der Waals surface area contributed by atoms with Crippen LogP contribution in [0.25, 0.3) is 0 Å². The zero-order valence-electron chi connectivity index (χ0n) is 16.0. The number of hydrogen-bond donors (Lipinski definition) is 0. The van der Waals surface area contributed by atoms with Crippen molar-refractivity contribution in [3.05, 3.63) is 60.7 Å². The fraction of sp³-hybridized carbons (Fsp3) is 0.381. The first kappa shape index (κ1) is 20.4. The lowest BCUT2D eigenvalue weighted by atomic mass is 9.99. The van der Waals surface area contributed by atoms with Crippen LogP contribution in [0.4, 0.5) is 0 Å². The lowest BCUT2D eigenvalue weighted by molar-refractivity contribution is -0.133. The fourth-order valence-corrected chi connectivity index (χ4v) is 4.45. The summed E-state index contributed by atoms with van der Waals surface area (Å²) in [6.45, 7) is 1.63. The maximum absolute atomic E-state index is 12.7. The van der Waals surface area contributed by atoms with E-state index in [0.29, 0.717) is 19.7 Å². The van der Waals surface area contributed by atoms with Crippen molar-refractivity contribution in [1.82, 2.24) is 9.21 Å². The number of likely N-dealkylation sites (tertiary alicyclic amines) is 1. The zero-order valence-corrected chi connectivity index (χ0v) is 16.8. The lowest BCUT2D eigenvalue weighted by Crippen LogP contribution is -2.46. The average Bonchev–Trinajstić information content (AvgIpc) is 2.73. The van der Waals surface area contributed by atoms with E-state index in [1.807, 2.05) is 30.3 Å². The van der Waals surface area contributed by atoms with Crippen LogP contribution in [-0.2, 0) is 14.8 Å². The van der Waals surface area contributed by atoms with Crippen molar-refractivity contribution in [3.8, 4) is 5.75 Å². The maximum Gasteiger partial charge on any atom is 0.243 e. The van der Waals surface area contributed by atoms with Crippen molar-refractivity contribution in [1.29, 1.82) is 0 Å². The molecule has 0 bridgehead atoms. The number of sulfonamides is 1. The van der Waals surface area contributed by atoms with Gasteiger partial charge in [-0.2, -0.15) is 4.31 Å². The summed E-state index contributed by atoms with van der Waals surface area (Å²) in [5.74, 6) is 0.889. The lowest BCUT2D eigenvalue weighted by Gasteiger charge is -2.33. The summed E-state index contributed by atoms with van der Waals surface area (Å²) in [6, 6.07) is 17.8. The number of piperidine rings is 1. The number of benzene rings is 2. The molecule has 1 atom stereocenters. The van der Waals surface area contributed by atoms with Gasteiger partial charge in [0.05, 0.1) is 18.0 Å². The second kappa shape index (κ2) is 9.21. The van der Waals surface area contributed by atoms with Gasteiger partial charge in [-0.1, -0.05) is 36.4 Å². The highest BCUT2D eigenvalue weighted by Gasteiger charge is 2.28. The molecule has 1 amide bonds. The quantitative estimate of drug-likeness (QED) is 0.714. The minimum atomic E-state index is -3.67. The molecule has 7 heteroatoms. The number of carbonyl (C=O) groups is 1. The van der Waals surface area contributed by atoms with Crippen molar-refractivity contribution in [2.45, 2.75) is 17.7 Å². The first-order valence-corrected chi connectivity index (χ1v) is 10.9. The monoisotopic (exact) mass is 402 g/mol. The van der Waals surface area contributed by atoms with Gasteiger partial charge < -0.3 is 9.64 Å². The molecule has 0 aliphatic carbocycles. The summed E-state index contributed by atoms with van der Waals surface area (Å²) in [4.78, 5) is 14.6. The molecule has 1 saturated heterocycles. The summed E-state index contributed by atoms with van der Waals surface area (Å²) >= 11 is 0. The van der Waals surface area contributed by atoms with Crippen molar-refractivity contribution < 1.29 is 17.9 Å². The summed E-state index contributed by atoms with van der Waals surface area (Å²) in [5.41, 5.74) is 0. The average molecular weight is 403 g/mol. The first-order chi connectivity index (χ1) is 13.5. The predicted molar refractivity (Wildman–Crippen MR) is 107 cm³/mol. The SMILES string of the molecule is CN(CC(=O)N1CCCC(COc2ccccc2)C1)S(=O)(=O)c1ccccc1. The second-order valence-corrected chi connectivity index (χ2v) is 9.09. The fourth-order valence-electron chi connectivity index (χ4n) is 3.31. The van der Waals surface area contributed by atoms with Gasteiger partial charge in [-0.25, -0.2) is 8.42 Å². The molecule has 2 aromatic carbocycles. The minimum absolute atomic E-state index is 0.163. The first-order valence-electron chi connectivity index (χ1n) is 9.44. The van der Waals surface area contributed by atoms with Crippen molar-refractivity contribution >= 4 is 15.9 Å². The Labute approximate surface area is 166 Å². The third kappa shape index (κ3) is 5.11. The summed E-state index contributed by atoms with van der Waals surface area (Å²) in [5, 5.41) is 0. The largest absolute Gasteiger partial charge is 0.493 e. The van der Waals surface area contributed by atoms with Gasteiger partial charge in [0.1, 0.15) is 5.75 Å². The Morgan fingerprint density at radius 3 is 2.43 bits per heavy atom. The van der Waals surface area contributed by atoms with Crippen LogP contribution in [0.1, 0.15) is 12.8 Å². The van der Waals surface area contributed by atoms with Gasteiger partial charge >= 0.3 is 0 Å². The van der Waals surface area contributed by atoms with E-state index >= 15 is 0 Å². The van der Waals surface area contributed by atoms with Crippen LogP contribution >= 0.6 is 0 Å². The molecule has 1 heterocycles. The van der Waals surface area contributed by atoms with E-state index in [2.05, 4.69) is 0 Å². The molecule has 0 aromatic heterocycles. The Kier molecular flexibility index (Phi) is 6.70. The van der Waals surface area contributed by atoms with Gasteiger partial charge in [0.2, 0.25) is 15.9 Å². The molecule has 0 spiro atoms. The molecule has 0 saturated carbocycles. The summed E-state index contributed by atoms with van der Waals surface area (Å²) < 4.78 is 32.2. The topological polar surface area (TPSA) is 66.9 Å². The number of amides is 1. The van der Waals surface area contributed by atoms with Gasteiger partial charge in [-0.05, 0) is 37.1 Å². The second-order valence-electron chi connectivity index (χ2n) is 7.05. The predicted octanol–water partition coefficient (Wildman–Crippen LogP) is 2.62. The van der Waals surface area contributed by atoms with Gasteiger partial charge in [0.15, 0.2) is 0 Å². The molecule has 0 N–H and O–H groups in total. The van der Waals surface area contributed by atoms with Gasteiger partial charge in [0.25, 0.3) is 0 Å². The molecular formula is C21H26N2O4S. The van der Waals surface area contributed by atoms with Crippen molar-refractivity contribution in [2.24, 2.45) is 5.92 Å². The number of hydrogen-bond acceptors (Lipinski definition) is 4. The molecule has 1 aliphatic heterocycles. The molecule has 2 aromatic rings. The van der Waals surface area contributed by atoms with Crippen LogP contribution < -0.4 is 4.74 Å². The van der Waals surface area contributed by atoms with E-state index in [9.17, 15) is 13.2 Å². The van der Waals surface area contributed by atoms with Crippen molar-refractivity contribution in [3.63, 3.8) is 0 Å². The van der Waals surface area contributed by atoms with Gasteiger partial charge in [-0.3, -0.25) is 4.79 Å². The Bertz CT molecular complexity index is 872. The van der Waals surface area contributed by atoms with Crippen LogP contribution in [-0.4, -0.2) is 56.8 Å². The number of carbonyl (C=O) groups excluding carboxylic acids is 1.